The van der Waals surface area contributed by atoms with Crippen LogP contribution in [0.4, 0.5) is 5.82 Å². The molecule has 92 valence electrons. The normalized spacial score (nSPS) is 11.9. The average Bonchev–Trinajstić information content (AvgIpc) is 2.55. The highest BCUT2D eigenvalue weighted by molar-refractivity contribution is 7.89. The lowest BCUT2D eigenvalue weighted by Crippen LogP contribution is -2.26. The molecule has 3 N–H and O–H groups in total. The van der Waals surface area contributed by atoms with Crippen LogP contribution in [-0.4, -0.2) is 24.0 Å². The van der Waals surface area contributed by atoms with Crippen LogP contribution in [0.5, 0.6) is 0 Å². The van der Waals surface area contributed by atoms with Gasteiger partial charge in [-0.1, -0.05) is 13.3 Å². The van der Waals surface area contributed by atoms with Gasteiger partial charge in [-0.3, -0.25) is 4.68 Å². The summed E-state index contributed by atoms with van der Waals surface area (Å²) in [5.74, 6) is 0.641. The van der Waals surface area contributed by atoms with E-state index in [1.54, 1.807) is 13.2 Å². The summed E-state index contributed by atoms with van der Waals surface area (Å²) in [7, 11) is -1.48. The smallest absolute Gasteiger partial charge is 0.211 e. The van der Waals surface area contributed by atoms with E-state index in [1.807, 2.05) is 6.92 Å². The molecule has 0 fully saturated rings. The molecule has 1 aromatic rings. The molecule has 0 aliphatic rings. The van der Waals surface area contributed by atoms with Crippen LogP contribution in [0.2, 0.25) is 0 Å². The van der Waals surface area contributed by atoms with Gasteiger partial charge in [-0.25, -0.2) is 13.1 Å². The number of aromatic nitrogens is 2. The van der Waals surface area contributed by atoms with Gasteiger partial charge in [0.05, 0.1) is 11.9 Å². The molecule has 0 amide bonds. The molecule has 0 saturated carbocycles. The molecule has 16 heavy (non-hydrogen) atoms. The van der Waals surface area contributed by atoms with Crippen LogP contribution in [0.1, 0.15) is 25.3 Å². The summed E-state index contributed by atoms with van der Waals surface area (Å²) in [5, 5.41) is 3.94. The number of nitrogens with zero attached hydrogens (tertiary/aromatic N) is 2. The van der Waals surface area contributed by atoms with Crippen molar-refractivity contribution in [3.05, 3.63) is 11.8 Å². The summed E-state index contributed by atoms with van der Waals surface area (Å²) in [4.78, 5) is 0. The maximum Gasteiger partial charge on any atom is 0.211 e. The molecule has 1 aromatic heterocycles. The SMILES string of the molecule is CCCCS(=O)(=O)NCc1cnn(C)c1N. The third-order valence-corrected chi connectivity index (χ3v) is 3.72. The van der Waals surface area contributed by atoms with Crippen molar-refractivity contribution in [3.63, 3.8) is 0 Å². The first-order valence-electron chi connectivity index (χ1n) is 5.20. The Hall–Kier alpha value is -1.08. The Kier molecular flexibility index (Phi) is 4.31. The van der Waals surface area contributed by atoms with Crippen molar-refractivity contribution in [2.75, 3.05) is 11.5 Å². The van der Waals surface area contributed by atoms with Crippen molar-refractivity contribution in [2.24, 2.45) is 7.05 Å². The predicted molar refractivity (Wildman–Crippen MR) is 63.2 cm³/mol. The van der Waals surface area contributed by atoms with E-state index in [9.17, 15) is 8.42 Å². The summed E-state index contributed by atoms with van der Waals surface area (Å²) < 4.78 is 27.0. The maximum absolute atomic E-state index is 11.5. The zero-order valence-electron chi connectivity index (χ0n) is 9.60. The second-order valence-corrected chi connectivity index (χ2v) is 5.60. The molecule has 0 saturated heterocycles. The first kappa shape index (κ1) is 13.0. The molecule has 0 aromatic carbocycles. The molecule has 0 spiro atoms. The average molecular weight is 246 g/mol. The van der Waals surface area contributed by atoms with Crippen LogP contribution >= 0.6 is 0 Å². The van der Waals surface area contributed by atoms with E-state index in [0.29, 0.717) is 17.8 Å². The number of hydrogen-bond donors (Lipinski definition) is 2. The number of unbranched alkanes of at least 4 members (excludes halogenated alkanes) is 1. The second-order valence-electron chi connectivity index (χ2n) is 3.67. The lowest BCUT2D eigenvalue weighted by atomic mass is 10.3. The highest BCUT2D eigenvalue weighted by Gasteiger charge is 2.11. The van der Waals surface area contributed by atoms with Crippen LogP contribution in [0.25, 0.3) is 0 Å². The molecule has 0 aliphatic carbocycles. The van der Waals surface area contributed by atoms with E-state index in [0.717, 1.165) is 6.42 Å². The fourth-order valence-electron chi connectivity index (χ4n) is 1.22. The summed E-state index contributed by atoms with van der Waals surface area (Å²) in [6.07, 6.45) is 3.09. The third kappa shape index (κ3) is 3.49. The molecule has 1 heterocycles. The van der Waals surface area contributed by atoms with Gasteiger partial charge < -0.3 is 5.73 Å². The first-order chi connectivity index (χ1) is 7.46. The standard InChI is InChI=1S/C9H18N4O2S/c1-3-4-5-16(14,15)12-7-8-6-11-13(2)9(8)10/h6,12H,3-5,7,10H2,1-2H3. The molecule has 0 bridgehead atoms. The van der Waals surface area contributed by atoms with Crippen molar-refractivity contribution in [2.45, 2.75) is 26.3 Å². The monoisotopic (exact) mass is 246 g/mol. The van der Waals surface area contributed by atoms with Gasteiger partial charge in [0.1, 0.15) is 5.82 Å². The minimum absolute atomic E-state index is 0.156. The van der Waals surface area contributed by atoms with Crippen molar-refractivity contribution in [3.8, 4) is 0 Å². The molecule has 1 rings (SSSR count). The molecule has 6 nitrogen and oxygen atoms in total. The number of hydrogen-bond acceptors (Lipinski definition) is 4. The van der Waals surface area contributed by atoms with Gasteiger partial charge in [-0.15, -0.1) is 0 Å². The fourth-order valence-corrected chi connectivity index (χ4v) is 2.41. The van der Waals surface area contributed by atoms with E-state index < -0.39 is 10.0 Å². The van der Waals surface area contributed by atoms with Crippen molar-refractivity contribution in [1.29, 1.82) is 0 Å². The molecule has 0 radical (unpaired) electrons. The summed E-state index contributed by atoms with van der Waals surface area (Å²) in [5.41, 5.74) is 6.39. The number of nitrogens with one attached hydrogen (secondary N) is 1. The van der Waals surface area contributed by atoms with E-state index in [-0.39, 0.29) is 12.3 Å². The topological polar surface area (TPSA) is 90.0 Å². The van der Waals surface area contributed by atoms with Crippen molar-refractivity contribution in [1.82, 2.24) is 14.5 Å². The zero-order valence-corrected chi connectivity index (χ0v) is 10.4. The highest BCUT2D eigenvalue weighted by Crippen LogP contribution is 2.09. The van der Waals surface area contributed by atoms with E-state index in [1.165, 1.54) is 4.68 Å². The molecule has 0 aliphatic heterocycles. The summed E-state index contributed by atoms with van der Waals surface area (Å²) in [6, 6.07) is 0. The van der Waals surface area contributed by atoms with Gasteiger partial charge >= 0.3 is 0 Å². The van der Waals surface area contributed by atoms with Gasteiger partial charge in [0.15, 0.2) is 0 Å². The van der Waals surface area contributed by atoms with Crippen molar-refractivity contribution >= 4 is 15.8 Å². The van der Waals surface area contributed by atoms with Crippen LogP contribution in [-0.2, 0) is 23.6 Å². The number of nitrogen functional groups attached to an aromatic ring is 1. The number of sulfonamides is 1. The Bertz CT molecular complexity index is 438. The predicted octanol–water partition coefficient (Wildman–Crippen LogP) is 0.222. The van der Waals surface area contributed by atoms with E-state index in [4.69, 9.17) is 5.73 Å². The van der Waals surface area contributed by atoms with Crippen molar-refractivity contribution < 1.29 is 8.42 Å². The van der Waals surface area contributed by atoms with Gasteiger partial charge in [0.25, 0.3) is 0 Å². The minimum atomic E-state index is -3.19. The quantitative estimate of drug-likeness (QED) is 0.751. The maximum atomic E-state index is 11.5. The van der Waals surface area contributed by atoms with Gasteiger partial charge in [-0.05, 0) is 6.42 Å². The number of anilines is 1. The minimum Gasteiger partial charge on any atom is -0.384 e. The Balaban J connectivity index is 2.54. The fraction of sp³-hybridized carbons (Fsp3) is 0.667. The molecular formula is C9H18N4O2S. The second kappa shape index (κ2) is 5.31. The summed E-state index contributed by atoms with van der Waals surface area (Å²) in [6.45, 7) is 2.15. The molecule has 0 unspecified atom stereocenters. The molecular weight excluding hydrogens is 228 g/mol. The third-order valence-electron chi connectivity index (χ3n) is 2.31. The zero-order chi connectivity index (χ0) is 12.2. The molecule has 0 atom stereocenters. The largest absolute Gasteiger partial charge is 0.384 e. The van der Waals surface area contributed by atoms with Crippen LogP contribution in [0, 0.1) is 0 Å². The number of aryl methyl sites for hydroxylation is 1. The van der Waals surface area contributed by atoms with Crippen LogP contribution in [0.3, 0.4) is 0 Å². The highest BCUT2D eigenvalue weighted by atomic mass is 32.2. The molecule has 7 heteroatoms. The Labute approximate surface area is 95.9 Å². The van der Waals surface area contributed by atoms with Gasteiger partial charge in [0.2, 0.25) is 10.0 Å². The van der Waals surface area contributed by atoms with Crippen LogP contribution in [0.15, 0.2) is 6.20 Å². The van der Waals surface area contributed by atoms with E-state index >= 15 is 0 Å². The Morgan fingerprint density at radius 3 is 2.75 bits per heavy atom. The van der Waals surface area contributed by atoms with Gasteiger partial charge in [0, 0.05) is 19.2 Å². The first-order valence-corrected chi connectivity index (χ1v) is 6.85. The number of rotatable bonds is 6. The van der Waals surface area contributed by atoms with E-state index in [2.05, 4.69) is 9.82 Å². The van der Waals surface area contributed by atoms with Crippen LogP contribution < -0.4 is 10.5 Å². The Morgan fingerprint density at radius 1 is 1.56 bits per heavy atom. The lowest BCUT2D eigenvalue weighted by Gasteiger charge is -2.05. The summed E-state index contributed by atoms with van der Waals surface area (Å²) >= 11 is 0. The van der Waals surface area contributed by atoms with Gasteiger partial charge in [-0.2, -0.15) is 5.10 Å². The lowest BCUT2D eigenvalue weighted by molar-refractivity contribution is 0.578. The number of nitrogens with two attached hydrogens (primary N) is 1. The Morgan fingerprint density at radius 2 is 2.25 bits per heavy atom.